The van der Waals surface area contributed by atoms with Crippen LogP contribution in [0.15, 0.2) is 77.9 Å². The van der Waals surface area contributed by atoms with Gasteiger partial charge in [0.1, 0.15) is 0 Å². The Bertz CT molecular complexity index is 1370. The van der Waals surface area contributed by atoms with Crippen molar-refractivity contribution in [2.24, 2.45) is 0 Å². The summed E-state index contributed by atoms with van der Waals surface area (Å²) in [7, 11) is 0. The number of hydrogen-bond donors (Lipinski definition) is 2. The summed E-state index contributed by atoms with van der Waals surface area (Å²) in [4.78, 5) is 29.0. The van der Waals surface area contributed by atoms with E-state index < -0.39 is 6.04 Å². The summed E-state index contributed by atoms with van der Waals surface area (Å²) in [5, 5.41) is 11.0. The highest BCUT2D eigenvalue weighted by Crippen LogP contribution is 2.27. The van der Waals surface area contributed by atoms with Crippen LogP contribution in [0, 0.1) is 0 Å². The van der Waals surface area contributed by atoms with Gasteiger partial charge in [0, 0.05) is 17.1 Å². The van der Waals surface area contributed by atoms with Crippen LogP contribution in [-0.2, 0) is 0 Å². The van der Waals surface area contributed by atoms with Crippen LogP contribution < -0.4 is 5.69 Å². The van der Waals surface area contributed by atoms with E-state index in [-0.39, 0.29) is 12.3 Å². The van der Waals surface area contributed by atoms with Gasteiger partial charge in [-0.15, -0.1) is 0 Å². The Kier molecular flexibility index (Phi) is 4.14. The number of hydrogen-bond acceptors (Lipinski definition) is 5. The van der Waals surface area contributed by atoms with Gasteiger partial charge in [-0.3, -0.25) is 14.5 Å². The van der Waals surface area contributed by atoms with Crippen molar-refractivity contribution in [2.45, 2.75) is 6.04 Å². The summed E-state index contributed by atoms with van der Waals surface area (Å²) in [6, 6.07) is 18.5. The fourth-order valence-corrected chi connectivity index (χ4v) is 3.65. The highest BCUT2D eigenvalue weighted by atomic mass is 16.3. The molecule has 0 aliphatic heterocycles. The molecule has 0 spiro atoms. The predicted octanol–water partition coefficient (Wildman–Crippen LogP) is 2.92. The van der Waals surface area contributed by atoms with Gasteiger partial charge in [-0.2, -0.15) is 0 Å². The summed E-state index contributed by atoms with van der Waals surface area (Å²) >= 11 is 0. The number of aliphatic hydroxyl groups excluding tert-OH is 1. The maximum Gasteiger partial charge on any atom is 0.329 e. The average molecular weight is 383 g/mol. The molecule has 7 heteroatoms. The molecule has 1 atom stereocenters. The van der Waals surface area contributed by atoms with Gasteiger partial charge in [0.25, 0.3) is 0 Å². The molecule has 0 radical (unpaired) electrons. The maximum absolute atomic E-state index is 12.7. The van der Waals surface area contributed by atoms with Gasteiger partial charge in [0.2, 0.25) is 0 Å². The van der Waals surface area contributed by atoms with Crippen LogP contribution >= 0.6 is 0 Å². The molecular weight excluding hydrogens is 366 g/mol. The van der Waals surface area contributed by atoms with Gasteiger partial charge in [-0.05, 0) is 17.7 Å². The highest BCUT2D eigenvalue weighted by Gasteiger charge is 2.21. The van der Waals surface area contributed by atoms with E-state index in [1.54, 1.807) is 12.4 Å². The van der Waals surface area contributed by atoms with Crippen LogP contribution in [0.3, 0.4) is 0 Å². The summed E-state index contributed by atoms with van der Waals surface area (Å²) < 4.78 is 1.46. The third-order valence-electron chi connectivity index (χ3n) is 5.02. The first-order chi connectivity index (χ1) is 14.3. The highest BCUT2D eigenvalue weighted by molar-refractivity contribution is 5.93. The minimum Gasteiger partial charge on any atom is -0.394 e. The number of aliphatic hydroxyl groups is 1. The molecule has 2 N–H and O–H groups in total. The summed E-state index contributed by atoms with van der Waals surface area (Å²) in [6.07, 6.45) is 3.39. The van der Waals surface area contributed by atoms with Crippen molar-refractivity contribution in [1.29, 1.82) is 0 Å². The number of pyridine rings is 1. The third kappa shape index (κ3) is 2.88. The minimum absolute atomic E-state index is 0.235. The van der Waals surface area contributed by atoms with Gasteiger partial charge >= 0.3 is 5.69 Å². The zero-order valence-corrected chi connectivity index (χ0v) is 15.4. The number of fused-ring (bicyclic) bond motifs is 2. The molecule has 5 aromatic rings. The molecule has 0 aliphatic rings. The first kappa shape index (κ1) is 17.3. The van der Waals surface area contributed by atoms with Crippen molar-refractivity contribution in [3.8, 4) is 11.3 Å². The van der Waals surface area contributed by atoms with Crippen molar-refractivity contribution in [3.05, 3.63) is 89.1 Å². The summed E-state index contributed by atoms with van der Waals surface area (Å²) in [5.41, 5.74) is 3.61. The van der Waals surface area contributed by atoms with Crippen molar-refractivity contribution in [3.63, 3.8) is 0 Å². The second-order valence-corrected chi connectivity index (χ2v) is 6.71. The lowest BCUT2D eigenvalue weighted by Crippen LogP contribution is -2.26. The number of nitrogens with zero attached hydrogens (tertiary/aromatic N) is 4. The number of H-pyrrole nitrogens is 1. The first-order valence-corrected chi connectivity index (χ1v) is 9.23. The smallest absolute Gasteiger partial charge is 0.329 e. The normalized spacial score (nSPS) is 12.4. The van der Waals surface area contributed by atoms with Crippen LogP contribution in [0.25, 0.3) is 33.5 Å². The molecule has 3 aromatic heterocycles. The zero-order valence-electron chi connectivity index (χ0n) is 15.4. The van der Waals surface area contributed by atoms with Crippen LogP contribution in [0.5, 0.6) is 0 Å². The van der Waals surface area contributed by atoms with Gasteiger partial charge < -0.3 is 5.11 Å². The summed E-state index contributed by atoms with van der Waals surface area (Å²) in [6.45, 7) is -0.235. The van der Waals surface area contributed by atoms with E-state index in [2.05, 4.69) is 15.0 Å². The average Bonchev–Trinajstić information content (AvgIpc) is 3.10. The number of imidazole rings is 1. The van der Waals surface area contributed by atoms with E-state index >= 15 is 0 Å². The molecule has 2 aromatic carbocycles. The monoisotopic (exact) mass is 383 g/mol. The largest absolute Gasteiger partial charge is 0.394 e. The Labute approximate surface area is 165 Å². The van der Waals surface area contributed by atoms with Gasteiger partial charge in [0.15, 0.2) is 11.3 Å². The number of aromatic nitrogens is 5. The molecule has 29 heavy (non-hydrogen) atoms. The molecule has 5 rings (SSSR count). The Morgan fingerprint density at radius 3 is 2.69 bits per heavy atom. The molecule has 0 bridgehead atoms. The Balaban J connectivity index is 1.73. The van der Waals surface area contributed by atoms with Crippen molar-refractivity contribution in [1.82, 2.24) is 24.5 Å². The van der Waals surface area contributed by atoms with E-state index in [4.69, 9.17) is 4.98 Å². The first-order valence-electron chi connectivity index (χ1n) is 9.23. The molecule has 142 valence electrons. The SMILES string of the molecule is O=c1[nH]c2ncc(-c3cccc4ncccc34)nc2n1[C@H](CO)c1ccccc1. The molecule has 0 fully saturated rings. The van der Waals surface area contributed by atoms with Gasteiger partial charge in [-0.1, -0.05) is 48.5 Å². The molecule has 0 aliphatic carbocycles. The predicted molar refractivity (Wildman–Crippen MR) is 111 cm³/mol. The van der Waals surface area contributed by atoms with Crippen molar-refractivity contribution in [2.75, 3.05) is 6.61 Å². The van der Waals surface area contributed by atoms with Crippen LogP contribution in [0.2, 0.25) is 0 Å². The van der Waals surface area contributed by atoms with Crippen LogP contribution in [0.1, 0.15) is 11.6 Å². The van der Waals surface area contributed by atoms with E-state index in [0.717, 1.165) is 22.0 Å². The lowest BCUT2D eigenvalue weighted by Gasteiger charge is -2.16. The third-order valence-corrected chi connectivity index (χ3v) is 5.02. The van der Waals surface area contributed by atoms with E-state index in [9.17, 15) is 9.90 Å². The number of benzene rings is 2. The topological polar surface area (TPSA) is 96.7 Å². The Hall–Kier alpha value is -3.84. The fourth-order valence-electron chi connectivity index (χ4n) is 3.65. The number of aromatic amines is 1. The standard InChI is InChI=1S/C22H17N5O2/c28-13-19(14-6-2-1-3-7-14)27-21-20(26-22(27)29)24-12-18(25-21)16-8-4-10-17-15(16)9-5-11-23-17/h1-12,19,28H,13H2,(H,24,26,29)/t19-/m1/s1. The molecule has 0 unspecified atom stereocenters. The van der Waals surface area contributed by atoms with Crippen LogP contribution in [-0.4, -0.2) is 36.2 Å². The summed E-state index contributed by atoms with van der Waals surface area (Å²) in [5.74, 6) is 0. The molecule has 0 amide bonds. The minimum atomic E-state index is -0.559. The lowest BCUT2D eigenvalue weighted by atomic mass is 10.1. The Morgan fingerprint density at radius 1 is 1.00 bits per heavy atom. The molecule has 7 nitrogen and oxygen atoms in total. The zero-order chi connectivity index (χ0) is 19.8. The lowest BCUT2D eigenvalue weighted by molar-refractivity contribution is 0.249. The second-order valence-electron chi connectivity index (χ2n) is 6.71. The van der Waals surface area contributed by atoms with Gasteiger partial charge in [-0.25, -0.2) is 14.8 Å². The van der Waals surface area contributed by atoms with Crippen molar-refractivity contribution >= 4 is 22.2 Å². The van der Waals surface area contributed by atoms with Gasteiger partial charge in [0.05, 0.1) is 30.1 Å². The van der Waals surface area contributed by atoms with Crippen molar-refractivity contribution < 1.29 is 5.11 Å². The second kappa shape index (κ2) is 6.96. The fraction of sp³-hybridized carbons (Fsp3) is 0.0909. The van der Waals surface area contributed by atoms with E-state index in [0.29, 0.717) is 17.0 Å². The van der Waals surface area contributed by atoms with E-state index in [1.807, 2.05) is 60.7 Å². The number of nitrogens with one attached hydrogen (secondary N) is 1. The van der Waals surface area contributed by atoms with Crippen LogP contribution in [0.4, 0.5) is 0 Å². The maximum atomic E-state index is 12.7. The molecule has 3 heterocycles. The Morgan fingerprint density at radius 2 is 1.86 bits per heavy atom. The quantitative estimate of drug-likeness (QED) is 0.497. The molecular formula is C22H17N5O2. The van der Waals surface area contributed by atoms with E-state index in [1.165, 1.54) is 4.57 Å². The molecule has 0 saturated carbocycles. The molecule has 0 saturated heterocycles. The number of rotatable bonds is 4.